The largest absolute Gasteiger partial charge is 0.390 e. The molecule has 4 rings (SSSR count). The van der Waals surface area contributed by atoms with Crippen molar-refractivity contribution in [2.75, 3.05) is 14.1 Å². The van der Waals surface area contributed by atoms with Crippen molar-refractivity contribution in [3.05, 3.63) is 54.9 Å². The molecule has 0 spiro atoms. The molecule has 4 heterocycles. The van der Waals surface area contributed by atoms with E-state index in [0.717, 1.165) is 21.5 Å². The van der Waals surface area contributed by atoms with Gasteiger partial charge in [-0.1, -0.05) is 6.07 Å². The lowest BCUT2D eigenvalue weighted by Gasteiger charge is -2.22. The number of halogens is 3. The molecule has 0 aromatic carbocycles. The number of hydrogen-bond acceptors (Lipinski definition) is 5. The topological polar surface area (TPSA) is 92.6 Å². The lowest BCUT2D eigenvalue weighted by molar-refractivity contribution is -0.151. The number of imidazole rings is 1. The molecule has 1 atom stereocenters. The van der Waals surface area contributed by atoms with Gasteiger partial charge in [-0.05, 0) is 17.7 Å². The van der Waals surface area contributed by atoms with Crippen molar-refractivity contribution < 1.29 is 18.0 Å². The summed E-state index contributed by atoms with van der Waals surface area (Å²) < 4.78 is 40.5. The van der Waals surface area contributed by atoms with E-state index in [1.54, 1.807) is 24.9 Å². The highest BCUT2D eigenvalue weighted by Crippen LogP contribution is 2.32. The van der Waals surface area contributed by atoms with Crippen molar-refractivity contribution in [3.63, 3.8) is 0 Å². The third-order valence-electron chi connectivity index (χ3n) is 4.80. The lowest BCUT2D eigenvalue weighted by Crippen LogP contribution is -2.31. The van der Waals surface area contributed by atoms with Gasteiger partial charge in [-0.2, -0.15) is 18.3 Å². The number of alkyl halides is 3. The van der Waals surface area contributed by atoms with E-state index < -0.39 is 24.4 Å². The fourth-order valence-electron chi connectivity index (χ4n) is 3.31. The molecule has 0 radical (unpaired) electrons. The van der Waals surface area contributed by atoms with Crippen LogP contribution in [0.15, 0.2) is 49.3 Å². The quantitative estimate of drug-likeness (QED) is 0.525. The molecule has 0 saturated carbocycles. The molecule has 1 amide bonds. The number of rotatable bonds is 5. The van der Waals surface area contributed by atoms with Crippen LogP contribution in [0.25, 0.3) is 28.1 Å². The molecule has 8 nitrogen and oxygen atoms in total. The fourth-order valence-corrected chi connectivity index (χ4v) is 3.31. The SMILES string of the molecule is CN(C)C(=O)C(CC(F)(F)F)c1ccc(-n2cc(-c3ccnc4nc[nH]c34)cn2)nc1. The van der Waals surface area contributed by atoms with Crippen molar-refractivity contribution in [2.45, 2.75) is 18.5 Å². The summed E-state index contributed by atoms with van der Waals surface area (Å²) in [5, 5.41) is 4.30. The molecule has 0 aliphatic carbocycles. The fraction of sp³-hybridized carbons (Fsp3) is 0.250. The number of nitrogens with zero attached hydrogens (tertiary/aromatic N) is 6. The molecule has 0 aliphatic rings. The number of aromatic amines is 1. The Balaban J connectivity index is 1.62. The molecule has 4 aromatic rings. The number of fused-ring (bicyclic) bond motifs is 1. The summed E-state index contributed by atoms with van der Waals surface area (Å²) in [6.45, 7) is 0. The number of likely N-dealkylation sites (N-methyl/N-ethyl adjacent to an activating group) is 1. The third-order valence-corrected chi connectivity index (χ3v) is 4.80. The molecule has 160 valence electrons. The summed E-state index contributed by atoms with van der Waals surface area (Å²) in [6, 6.07) is 4.84. The van der Waals surface area contributed by atoms with Crippen LogP contribution in [0.3, 0.4) is 0 Å². The molecule has 31 heavy (non-hydrogen) atoms. The normalized spacial score (nSPS) is 12.8. The van der Waals surface area contributed by atoms with Crippen LogP contribution < -0.4 is 0 Å². The zero-order valence-corrected chi connectivity index (χ0v) is 16.6. The van der Waals surface area contributed by atoms with Gasteiger partial charge in [0.2, 0.25) is 5.91 Å². The third kappa shape index (κ3) is 4.25. The number of aromatic nitrogens is 6. The maximum atomic E-state index is 13.0. The molecular formula is C20H18F3N7O. The summed E-state index contributed by atoms with van der Waals surface area (Å²) in [7, 11) is 2.85. The van der Waals surface area contributed by atoms with Gasteiger partial charge in [-0.15, -0.1) is 0 Å². The molecular weight excluding hydrogens is 411 g/mol. The summed E-state index contributed by atoms with van der Waals surface area (Å²) in [6.07, 6.45) is 2.15. The van der Waals surface area contributed by atoms with Gasteiger partial charge in [0.05, 0.1) is 30.4 Å². The van der Waals surface area contributed by atoms with Crippen LogP contribution in [0, 0.1) is 0 Å². The van der Waals surface area contributed by atoms with Crippen LogP contribution in [0.4, 0.5) is 13.2 Å². The van der Waals surface area contributed by atoms with Crippen molar-refractivity contribution in [2.24, 2.45) is 0 Å². The average Bonchev–Trinajstić information content (AvgIpc) is 3.40. The Bertz CT molecular complexity index is 1210. The minimum Gasteiger partial charge on any atom is -0.348 e. The summed E-state index contributed by atoms with van der Waals surface area (Å²) in [4.78, 5) is 29.0. The van der Waals surface area contributed by atoms with E-state index in [1.165, 1.54) is 37.1 Å². The summed E-state index contributed by atoms with van der Waals surface area (Å²) in [5.74, 6) is -1.57. The Morgan fingerprint density at radius 3 is 2.65 bits per heavy atom. The Labute approximate surface area is 174 Å². The molecule has 0 fully saturated rings. The molecule has 0 saturated heterocycles. The standard InChI is InChI=1S/C20H18F3N7O/c1-29(2)19(31)15(7-20(21,22)23)12-3-4-16(25-8-12)30-10-13(9-28-30)14-5-6-24-18-17(14)26-11-27-18/h3-6,8-11,15H,7H2,1-2H3,(H,24,26,27). The number of nitrogens with one attached hydrogen (secondary N) is 1. The van der Waals surface area contributed by atoms with Crippen LogP contribution >= 0.6 is 0 Å². The predicted molar refractivity (Wildman–Crippen MR) is 106 cm³/mol. The Morgan fingerprint density at radius 2 is 1.97 bits per heavy atom. The molecule has 0 aliphatic heterocycles. The second kappa shape index (κ2) is 7.82. The van der Waals surface area contributed by atoms with Gasteiger partial charge >= 0.3 is 6.18 Å². The minimum absolute atomic E-state index is 0.195. The summed E-state index contributed by atoms with van der Waals surface area (Å²) in [5.41, 5.74) is 3.18. The molecule has 0 bridgehead atoms. The van der Waals surface area contributed by atoms with E-state index in [1.807, 2.05) is 6.07 Å². The van der Waals surface area contributed by atoms with Gasteiger partial charge in [0.15, 0.2) is 11.5 Å². The average molecular weight is 429 g/mol. The van der Waals surface area contributed by atoms with E-state index in [9.17, 15) is 18.0 Å². The Morgan fingerprint density at radius 1 is 1.16 bits per heavy atom. The van der Waals surface area contributed by atoms with Gasteiger partial charge in [0, 0.05) is 43.8 Å². The van der Waals surface area contributed by atoms with Crippen LogP contribution in [0.2, 0.25) is 0 Å². The second-order valence-electron chi connectivity index (χ2n) is 7.19. The van der Waals surface area contributed by atoms with Crippen molar-refractivity contribution in [1.29, 1.82) is 0 Å². The first kappa shape index (κ1) is 20.5. The minimum atomic E-state index is -4.48. The molecule has 1 unspecified atom stereocenters. The number of pyridine rings is 2. The van der Waals surface area contributed by atoms with E-state index in [0.29, 0.717) is 11.5 Å². The van der Waals surface area contributed by atoms with Gasteiger partial charge in [0.1, 0.15) is 0 Å². The van der Waals surface area contributed by atoms with Gasteiger partial charge in [-0.25, -0.2) is 19.6 Å². The van der Waals surface area contributed by atoms with Gasteiger partial charge in [-0.3, -0.25) is 4.79 Å². The van der Waals surface area contributed by atoms with Crippen molar-refractivity contribution in [1.82, 2.24) is 34.6 Å². The van der Waals surface area contributed by atoms with Crippen molar-refractivity contribution >= 4 is 17.1 Å². The maximum Gasteiger partial charge on any atom is 0.390 e. The predicted octanol–water partition coefficient (Wildman–Crippen LogP) is 3.33. The number of carbonyl (C=O) groups is 1. The van der Waals surface area contributed by atoms with Crippen LogP contribution in [-0.4, -0.2) is 60.8 Å². The van der Waals surface area contributed by atoms with Crippen molar-refractivity contribution in [3.8, 4) is 16.9 Å². The number of hydrogen-bond donors (Lipinski definition) is 1. The van der Waals surface area contributed by atoms with Gasteiger partial charge < -0.3 is 9.88 Å². The summed E-state index contributed by atoms with van der Waals surface area (Å²) >= 11 is 0. The first-order valence-electron chi connectivity index (χ1n) is 9.30. The zero-order chi connectivity index (χ0) is 22.2. The first-order valence-corrected chi connectivity index (χ1v) is 9.30. The number of amides is 1. The maximum absolute atomic E-state index is 13.0. The number of H-pyrrole nitrogens is 1. The monoisotopic (exact) mass is 429 g/mol. The van der Waals surface area contributed by atoms with E-state index in [2.05, 4.69) is 25.0 Å². The highest BCUT2D eigenvalue weighted by atomic mass is 19.4. The molecule has 4 aromatic heterocycles. The van der Waals surface area contributed by atoms with E-state index in [4.69, 9.17) is 0 Å². The first-order chi connectivity index (χ1) is 14.7. The molecule has 1 N–H and O–H groups in total. The Kier molecular flexibility index (Phi) is 5.17. The zero-order valence-electron chi connectivity index (χ0n) is 16.6. The van der Waals surface area contributed by atoms with Crippen LogP contribution in [-0.2, 0) is 4.79 Å². The van der Waals surface area contributed by atoms with E-state index in [-0.39, 0.29) is 5.56 Å². The Hall–Kier alpha value is -3.76. The lowest BCUT2D eigenvalue weighted by atomic mass is 9.95. The van der Waals surface area contributed by atoms with Crippen LogP contribution in [0.1, 0.15) is 17.9 Å². The van der Waals surface area contributed by atoms with E-state index >= 15 is 0 Å². The highest BCUT2D eigenvalue weighted by Gasteiger charge is 2.37. The second-order valence-corrected chi connectivity index (χ2v) is 7.19. The highest BCUT2D eigenvalue weighted by molar-refractivity contribution is 5.88. The smallest absolute Gasteiger partial charge is 0.348 e. The van der Waals surface area contributed by atoms with Crippen LogP contribution in [0.5, 0.6) is 0 Å². The van der Waals surface area contributed by atoms with Gasteiger partial charge in [0.25, 0.3) is 0 Å². The number of carbonyl (C=O) groups excluding carboxylic acids is 1. The molecule has 11 heteroatoms.